The molecule has 3 unspecified atom stereocenters. The largest absolute Gasteiger partial charge is 0.378 e. The molecular weight excluding hydrogens is 220 g/mol. The highest BCUT2D eigenvalue weighted by molar-refractivity contribution is 5.89. The molecule has 0 radical (unpaired) electrons. The number of hydrogen-bond acceptors (Lipinski definition) is 3. The molecule has 2 aliphatic heterocycles. The van der Waals surface area contributed by atoms with Crippen molar-refractivity contribution in [1.82, 2.24) is 10.2 Å². The van der Waals surface area contributed by atoms with E-state index < -0.39 is 6.04 Å². The number of nitrogens with zero attached hydrogens (tertiary/aromatic N) is 1. The number of carbonyl (C=O) groups is 2. The number of ether oxygens (including phenoxy) is 1. The molecule has 2 aliphatic rings. The molecule has 0 aliphatic carbocycles. The van der Waals surface area contributed by atoms with Gasteiger partial charge in [0.2, 0.25) is 11.8 Å². The van der Waals surface area contributed by atoms with Gasteiger partial charge in [-0.3, -0.25) is 9.59 Å². The van der Waals surface area contributed by atoms with Gasteiger partial charge in [-0.15, -0.1) is 0 Å². The first-order valence-electron chi connectivity index (χ1n) is 6.27. The fourth-order valence-corrected chi connectivity index (χ4v) is 2.48. The van der Waals surface area contributed by atoms with Crippen molar-refractivity contribution in [2.75, 3.05) is 19.7 Å². The minimum atomic E-state index is -0.400. The lowest BCUT2D eigenvalue weighted by Crippen LogP contribution is -2.44. The molecule has 0 spiro atoms. The summed E-state index contributed by atoms with van der Waals surface area (Å²) in [6.07, 6.45) is 1.61. The monoisotopic (exact) mass is 240 g/mol. The minimum Gasteiger partial charge on any atom is -0.378 e. The maximum Gasteiger partial charge on any atom is 0.244 e. The van der Waals surface area contributed by atoms with E-state index in [1.165, 1.54) is 0 Å². The zero-order chi connectivity index (χ0) is 12.4. The number of carbonyl (C=O) groups excluding carboxylic acids is 2. The van der Waals surface area contributed by atoms with E-state index in [0.29, 0.717) is 25.4 Å². The smallest absolute Gasteiger partial charge is 0.244 e. The summed E-state index contributed by atoms with van der Waals surface area (Å²) in [6, 6.07) is -0.400. The molecule has 17 heavy (non-hydrogen) atoms. The van der Waals surface area contributed by atoms with Crippen LogP contribution in [0, 0.1) is 5.92 Å². The Morgan fingerprint density at radius 1 is 1.41 bits per heavy atom. The van der Waals surface area contributed by atoms with Crippen molar-refractivity contribution in [2.45, 2.75) is 38.8 Å². The van der Waals surface area contributed by atoms with Crippen LogP contribution in [0.1, 0.15) is 26.7 Å². The highest BCUT2D eigenvalue weighted by atomic mass is 16.5. The molecule has 5 nitrogen and oxygen atoms in total. The number of rotatable bonds is 2. The third kappa shape index (κ3) is 2.77. The van der Waals surface area contributed by atoms with E-state index in [0.717, 1.165) is 13.0 Å². The molecule has 2 amide bonds. The standard InChI is InChI=1S/C12H20N2O3/c1-8-12(16)14(5-3-11(15)13-8)7-10-4-6-17-9(10)2/h8-10H,3-7H2,1-2H3,(H,13,15). The van der Waals surface area contributed by atoms with Gasteiger partial charge in [-0.05, 0) is 20.3 Å². The normalized spacial score (nSPS) is 34.7. The third-order valence-corrected chi connectivity index (χ3v) is 3.66. The summed E-state index contributed by atoms with van der Waals surface area (Å²) in [5.74, 6) is 0.387. The molecule has 0 saturated carbocycles. The molecule has 96 valence electrons. The van der Waals surface area contributed by atoms with Crippen LogP contribution < -0.4 is 5.32 Å². The fourth-order valence-electron chi connectivity index (χ4n) is 2.48. The Balaban J connectivity index is 1.98. The van der Waals surface area contributed by atoms with Gasteiger partial charge in [-0.1, -0.05) is 0 Å². The SMILES string of the molecule is CC1NC(=O)CCN(CC2CCOC2C)C1=O. The molecule has 5 heteroatoms. The molecule has 0 aromatic rings. The summed E-state index contributed by atoms with van der Waals surface area (Å²) in [7, 11) is 0. The van der Waals surface area contributed by atoms with Crippen molar-refractivity contribution in [3.63, 3.8) is 0 Å². The summed E-state index contributed by atoms with van der Waals surface area (Å²) in [5, 5.41) is 2.70. The Morgan fingerprint density at radius 2 is 2.18 bits per heavy atom. The Hall–Kier alpha value is -1.10. The molecular formula is C12H20N2O3. The Morgan fingerprint density at radius 3 is 2.82 bits per heavy atom. The van der Waals surface area contributed by atoms with Gasteiger partial charge in [0.25, 0.3) is 0 Å². The van der Waals surface area contributed by atoms with Gasteiger partial charge >= 0.3 is 0 Å². The van der Waals surface area contributed by atoms with E-state index in [2.05, 4.69) is 5.32 Å². The quantitative estimate of drug-likeness (QED) is 0.747. The van der Waals surface area contributed by atoms with Crippen molar-refractivity contribution in [3.8, 4) is 0 Å². The maximum absolute atomic E-state index is 12.1. The van der Waals surface area contributed by atoms with Gasteiger partial charge in [0.05, 0.1) is 6.10 Å². The summed E-state index contributed by atoms with van der Waals surface area (Å²) in [4.78, 5) is 25.2. The van der Waals surface area contributed by atoms with Crippen LogP contribution in [-0.2, 0) is 14.3 Å². The zero-order valence-corrected chi connectivity index (χ0v) is 10.4. The Bertz CT molecular complexity index is 319. The van der Waals surface area contributed by atoms with Gasteiger partial charge in [0.1, 0.15) is 6.04 Å². The van der Waals surface area contributed by atoms with Crippen LogP contribution in [0.15, 0.2) is 0 Å². The molecule has 0 bridgehead atoms. The van der Waals surface area contributed by atoms with Gasteiger partial charge in [-0.2, -0.15) is 0 Å². The molecule has 2 heterocycles. The highest BCUT2D eigenvalue weighted by Crippen LogP contribution is 2.22. The predicted molar refractivity (Wildman–Crippen MR) is 62.3 cm³/mol. The predicted octanol–water partition coefficient (Wildman–Crippen LogP) is 0.148. The van der Waals surface area contributed by atoms with E-state index in [9.17, 15) is 9.59 Å². The lowest BCUT2D eigenvalue weighted by molar-refractivity contribution is -0.133. The van der Waals surface area contributed by atoms with Crippen LogP contribution >= 0.6 is 0 Å². The summed E-state index contributed by atoms with van der Waals surface area (Å²) >= 11 is 0. The van der Waals surface area contributed by atoms with Crippen molar-refractivity contribution >= 4 is 11.8 Å². The van der Waals surface area contributed by atoms with Crippen LogP contribution in [0.4, 0.5) is 0 Å². The molecule has 0 aromatic heterocycles. The van der Waals surface area contributed by atoms with Gasteiger partial charge in [0, 0.05) is 32.0 Å². The summed E-state index contributed by atoms with van der Waals surface area (Å²) in [5.41, 5.74) is 0. The second-order valence-corrected chi connectivity index (χ2v) is 4.95. The lowest BCUT2D eigenvalue weighted by Gasteiger charge is -2.26. The van der Waals surface area contributed by atoms with E-state index in [4.69, 9.17) is 4.74 Å². The van der Waals surface area contributed by atoms with Crippen LogP contribution in [0.3, 0.4) is 0 Å². The van der Waals surface area contributed by atoms with Crippen molar-refractivity contribution in [3.05, 3.63) is 0 Å². The highest BCUT2D eigenvalue weighted by Gasteiger charge is 2.31. The van der Waals surface area contributed by atoms with Gasteiger partial charge in [-0.25, -0.2) is 0 Å². The van der Waals surface area contributed by atoms with Gasteiger partial charge < -0.3 is 15.0 Å². The van der Waals surface area contributed by atoms with Crippen LogP contribution in [0.2, 0.25) is 0 Å². The number of amides is 2. The van der Waals surface area contributed by atoms with Crippen LogP contribution in [-0.4, -0.2) is 48.6 Å². The van der Waals surface area contributed by atoms with E-state index in [1.807, 2.05) is 6.92 Å². The maximum atomic E-state index is 12.1. The molecule has 2 saturated heterocycles. The summed E-state index contributed by atoms with van der Waals surface area (Å²) in [6.45, 7) is 5.80. The Labute approximate surface area is 101 Å². The second kappa shape index (κ2) is 5.04. The van der Waals surface area contributed by atoms with Crippen molar-refractivity contribution in [2.24, 2.45) is 5.92 Å². The van der Waals surface area contributed by atoms with Crippen LogP contribution in [0.25, 0.3) is 0 Å². The van der Waals surface area contributed by atoms with Gasteiger partial charge in [0.15, 0.2) is 0 Å². The average molecular weight is 240 g/mol. The molecule has 0 aromatic carbocycles. The molecule has 2 fully saturated rings. The molecule has 3 atom stereocenters. The second-order valence-electron chi connectivity index (χ2n) is 4.95. The number of nitrogens with one attached hydrogen (secondary N) is 1. The molecule has 2 rings (SSSR count). The molecule has 1 N–H and O–H groups in total. The van der Waals surface area contributed by atoms with E-state index >= 15 is 0 Å². The summed E-state index contributed by atoms with van der Waals surface area (Å²) < 4.78 is 5.50. The first-order valence-corrected chi connectivity index (χ1v) is 6.27. The van der Waals surface area contributed by atoms with E-state index in [-0.39, 0.29) is 17.9 Å². The van der Waals surface area contributed by atoms with E-state index in [1.54, 1.807) is 11.8 Å². The van der Waals surface area contributed by atoms with Crippen molar-refractivity contribution < 1.29 is 14.3 Å². The fraction of sp³-hybridized carbons (Fsp3) is 0.833. The van der Waals surface area contributed by atoms with Crippen molar-refractivity contribution in [1.29, 1.82) is 0 Å². The Kier molecular flexibility index (Phi) is 3.66. The first-order chi connectivity index (χ1) is 8.08. The minimum absolute atomic E-state index is 0.0231. The van der Waals surface area contributed by atoms with Crippen LogP contribution in [0.5, 0.6) is 0 Å². The third-order valence-electron chi connectivity index (χ3n) is 3.66. The lowest BCUT2D eigenvalue weighted by atomic mass is 10.0. The zero-order valence-electron chi connectivity index (χ0n) is 10.4. The first kappa shape index (κ1) is 12.4. The topological polar surface area (TPSA) is 58.6 Å². The average Bonchev–Trinajstić information content (AvgIpc) is 2.63. The number of hydrogen-bond donors (Lipinski definition) is 1.